The minimum absolute atomic E-state index is 0.165. The van der Waals surface area contributed by atoms with Gasteiger partial charge in [-0.3, -0.25) is 0 Å². The number of nitrogens with zero attached hydrogens (tertiary/aromatic N) is 1. The average molecular weight is 287 g/mol. The first-order valence-electron chi connectivity index (χ1n) is 6.45. The second-order valence-corrected chi connectivity index (χ2v) is 5.75. The number of methoxy groups -OCH3 is 2. The molecule has 0 fully saturated rings. The maximum Gasteiger partial charge on any atom is 0.128 e. The Labute approximate surface area is 123 Å². The van der Waals surface area contributed by atoms with Gasteiger partial charge < -0.3 is 14.4 Å². The zero-order valence-electron chi connectivity index (χ0n) is 11.8. The van der Waals surface area contributed by atoms with Crippen molar-refractivity contribution in [1.82, 2.24) is 0 Å². The molecule has 1 aliphatic rings. The number of hydrogen-bond donors (Lipinski definition) is 0. The molecular weight excluding hydrogens is 270 g/mol. The fraction of sp³-hybridized carbons (Fsp3) is 0.250. The highest BCUT2D eigenvalue weighted by Crippen LogP contribution is 2.54. The number of para-hydroxylation sites is 1. The van der Waals surface area contributed by atoms with E-state index in [0.717, 1.165) is 17.1 Å². The molecule has 2 aromatic rings. The molecule has 2 aromatic carbocycles. The van der Waals surface area contributed by atoms with Crippen LogP contribution in [0, 0.1) is 0 Å². The summed E-state index contributed by atoms with van der Waals surface area (Å²) >= 11 is 1.82. The maximum atomic E-state index is 5.53. The first-order valence-corrected chi connectivity index (χ1v) is 7.33. The van der Waals surface area contributed by atoms with Gasteiger partial charge in [-0.25, -0.2) is 0 Å². The molecule has 0 saturated carbocycles. The molecule has 4 heteroatoms. The summed E-state index contributed by atoms with van der Waals surface area (Å²) in [6.45, 7) is 0. The van der Waals surface area contributed by atoms with Gasteiger partial charge in [0.2, 0.25) is 0 Å². The van der Waals surface area contributed by atoms with E-state index in [-0.39, 0.29) is 5.37 Å². The standard InChI is InChI=1S/C16H17NO2S/c1-17-11-7-4-5-10-14(11)20-16(17)15-12(18-2)8-6-9-13(15)19-3/h4-10,16H,1-3H3. The molecule has 0 saturated heterocycles. The number of thioether (sulfide) groups is 1. The van der Waals surface area contributed by atoms with Crippen LogP contribution in [0.5, 0.6) is 11.5 Å². The van der Waals surface area contributed by atoms with Gasteiger partial charge in [-0.15, -0.1) is 0 Å². The number of fused-ring (bicyclic) bond motifs is 1. The van der Waals surface area contributed by atoms with Crippen LogP contribution in [0.4, 0.5) is 5.69 Å². The Bertz CT molecular complexity index is 607. The Morgan fingerprint density at radius 3 is 2.20 bits per heavy atom. The van der Waals surface area contributed by atoms with E-state index in [9.17, 15) is 0 Å². The minimum atomic E-state index is 0.165. The molecule has 0 amide bonds. The molecule has 104 valence electrons. The second-order valence-electron chi connectivity index (χ2n) is 4.63. The normalized spacial score (nSPS) is 16.9. The van der Waals surface area contributed by atoms with E-state index in [1.165, 1.54) is 10.6 Å². The van der Waals surface area contributed by atoms with Crippen molar-refractivity contribution in [3.05, 3.63) is 48.0 Å². The smallest absolute Gasteiger partial charge is 0.128 e. The minimum Gasteiger partial charge on any atom is -0.496 e. The first-order chi connectivity index (χ1) is 9.76. The van der Waals surface area contributed by atoms with Gasteiger partial charge in [-0.2, -0.15) is 0 Å². The third-order valence-corrected chi connectivity index (χ3v) is 4.92. The predicted molar refractivity (Wildman–Crippen MR) is 83.0 cm³/mol. The zero-order valence-corrected chi connectivity index (χ0v) is 12.6. The highest BCUT2D eigenvalue weighted by molar-refractivity contribution is 8.00. The zero-order chi connectivity index (χ0) is 14.1. The summed E-state index contributed by atoms with van der Waals surface area (Å²) in [6.07, 6.45) is 0. The molecule has 0 spiro atoms. The Morgan fingerprint density at radius 1 is 0.950 bits per heavy atom. The molecule has 1 atom stereocenters. The predicted octanol–water partition coefficient (Wildman–Crippen LogP) is 3.94. The summed E-state index contributed by atoms with van der Waals surface area (Å²) in [4.78, 5) is 3.55. The summed E-state index contributed by atoms with van der Waals surface area (Å²) in [5.74, 6) is 1.73. The summed E-state index contributed by atoms with van der Waals surface area (Å²) in [7, 11) is 5.51. The van der Waals surface area contributed by atoms with E-state index in [4.69, 9.17) is 9.47 Å². The molecule has 0 N–H and O–H groups in total. The summed E-state index contributed by atoms with van der Waals surface area (Å²) in [5, 5.41) is 0.165. The number of ether oxygens (including phenoxy) is 2. The third kappa shape index (κ3) is 2.00. The number of hydrogen-bond acceptors (Lipinski definition) is 4. The molecule has 1 unspecified atom stereocenters. The van der Waals surface area contributed by atoms with Crippen LogP contribution in [0.15, 0.2) is 47.4 Å². The van der Waals surface area contributed by atoms with Crippen molar-refractivity contribution in [2.45, 2.75) is 10.3 Å². The second kappa shape index (κ2) is 5.29. The van der Waals surface area contributed by atoms with Crippen molar-refractivity contribution in [3.63, 3.8) is 0 Å². The average Bonchev–Trinajstić information content (AvgIpc) is 2.83. The van der Waals surface area contributed by atoms with Crippen LogP contribution in [0.2, 0.25) is 0 Å². The number of anilines is 1. The Hall–Kier alpha value is -1.81. The van der Waals surface area contributed by atoms with Gasteiger partial charge in [0.1, 0.15) is 16.9 Å². The lowest BCUT2D eigenvalue weighted by Crippen LogP contribution is -2.18. The maximum absolute atomic E-state index is 5.53. The lowest BCUT2D eigenvalue weighted by Gasteiger charge is -2.25. The van der Waals surface area contributed by atoms with Crippen molar-refractivity contribution >= 4 is 17.4 Å². The SMILES string of the molecule is COc1cccc(OC)c1C1Sc2ccccc2N1C. The van der Waals surface area contributed by atoms with Crippen LogP contribution in [0.3, 0.4) is 0 Å². The van der Waals surface area contributed by atoms with Gasteiger partial charge in [0, 0.05) is 11.9 Å². The molecule has 3 rings (SSSR count). The van der Waals surface area contributed by atoms with Gasteiger partial charge in [-0.05, 0) is 24.3 Å². The molecule has 0 aromatic heterocycles. The number of benzene rings is 2. The summed E-state index contributed by atoms with van der Waals surface area (Å²) in [5.41, 5.74) is 2.33. The highest BCUT2D eigenvalue weighted by atomic mass is 32.2. The largest absolute Gasteiger partial charge is 0.496 e. The monoisotopic (exact) mass is 287 g/mol. The van der Waals surface area contributed by atoms with Gasteiger partial charge in [0.25, 0.3) is 0 Å². The Morgan fingerprint density at radius 2 is 1.60 bits per heavy atom. The van der Waals surface area contributed by atoms with Crippen molar-refractivity contribution in [2.24, 2.45) is 0 Å². The molecule has 1 heterocycles. The van der Waals surface area contributed by atoms with Crippen LogP contribution < -0.4 is 14.4 Å². The van der Waals surface area contributed by atoms with Crippen LogP contribution in [0.1, 0.15) is 10.9 Å². The van der Waals surface area contributed by atoms with E-state index in [0.29, 0.717) is 0 Å². The van der Waals surface area contributed by atoms with Gasteiger partial charge in [0.05, 0.1) is 25.5 Å². The van der Waals surface area contributed by atoms with E-state index < -0.39 is 0 Å². The van der Waals surface area contributed by atoms with Gasteiger partial charge in [0.15, 0.2) is 0 Å². The Kier molecular flexibility index (Phi) is 3.49. The van der Waals surface area contributed by atoms with Crippen molar-refractivity contribution in [3.8, 4) is 11.5 Å². The fourth-order valence-electron chi connectivity index (χ4n) is 2.55. The first kappa shape index (κ1) is 13.2. The summed E-state index contributed by atoms with van der Waals surface area (Å²) < 4.78 is 11.1. The van der Waals surface area contributed by atoms with Crippen molar-refractivity contribution in [2.75, 3.05) is 26.2 Å². The van der Waals surface area contributed by atoms with E-state index in [1.807, 2.05) is 30.0 Å². The molecule has 20 heavy (non-hydrogen) atoms. The Balaban J connectivity index is 2.08. The quantitative estimate of drug-likeness (QED) is 0.852. The molecule has 0 radical (unpaired) electrons. The molecule has 0 aliphatic carbocycles. The van der Waals surface area contributed by atoms with Crippen molar-refractivity contribution < 1.29 is 9.47 Å². The lowest BCUT2D eigenvalue weighted by molar-refractivity contribution is 0.385. The van der Waals surface area contributed by atoms with Crippen LogP contribution in [-0.2, 0) is 0 Å². The van der Waals surface area contributed by atoms with E-state index in [2.05, 4.69) is 36.2 Å². The van der Waals surface area contributed by atoms with E-state index >= 15 is 0 Å². The highest BCUT2D eigenvalue weighted by Gasteiger charge is 2.32. The van der Waals surface area contributed by atoms with Gasteiger partial charge in [-0.1, -0.05) is 30.0 Å². The fourth-order valence-corrected chi connectivity index (χ4v) is 3.90. The molecular formula is C16H17NO2S. The molecule has 0 bridgehead atoms. The molecule has 3 nitrogen and oxygen atoms in total. The van der Waals surface area contributed by atoms with Gasteiger partial charge >= 0.3 is 0 Å². The number of rotatable bonds is 3. The lowest BCUT2D eigenvalue weighted by atomic mass is 10.1. The summed E-state index contributed by atoms with van der Waals surface area (Å²) in [6, 6.07) is 14.3. The van der Waals surface area contributed by atoms with Crippen molar-refractivity contribution in [1.29, 1.82) is 0 Å². The van der Waals surface area contributed by atoms with E-state index in [1.54, 1.807) is 14.2 Å². The van der Waals surface area contributed by atoms with Crippen LogP contribution >= 0.6 is 11.8 Å². The van der Waals surface area contributed by atoms with Crippen LogP contribution in [0.25, 0.3) is 0 Å². The topological polar surface area (TPSA) is 21.7 Å². The van der Waals surface area contributed by atoms with Crippen LogP contribution in [-0.4, -0.2) is 21.3 Å². The molecule has 1 aliphatic heterocycles. The third-order valence-electron chi connectivity index (χ3n) is 3.55.